The topological polar surface area (TPSA) is 83.0 Å². The Morgan fingerprint density at radius 1 is 1.19 bits per heavy atom. The zero-order chi connectivity index (χ0) is 19.1. The van der Waals surface area contributed by atoms with Crippen LogP contribution in [0.4, 0.5) is 11.4 Å². The van der Waals surface area contributed by atoms with Crippen LogP contribution in [-0.2, 0) is 11.3 Å². The van der Waals surface area contributed by atoms with Crippen molar-refractivity contribution < 1.29 is 4.79 Å². The van der Waals surface area contributed by atoms with Gasteiger partial charge in [-0.1, -0.05) is 31.5 Å². The number of nitrogens with one attached hydrogen (secondary N) is 2. The lowest BCUT2D eigenvalue weighted by atomic mass is 10.2. The first-order valence-corrected chi connectivity index (χ1v) is 10.6. The molecule has 1 aromatic heterocycles. The Balaban J connectivity index is 1.53. The van der Waals surface area contributed by atoms with Crippen LogP contribution < -0.4 is 15.9 Å². The first-order valence-electron chi connectivity index (χ1n) is 9.60. The molecule has 0 radical (unpaired) electrons. The van der Waals surface area contributed by atoms with Gasteiger partial charge in [-0.3, -0.25) is 9.36 Å². The third kappa shape index (κ3) is 5.38. The number of benzene rings is 1. The molecule has 1 saturated heterocycles. The van der Waals surface area contributed by atoms with Gasteiger partial charge in [0.1, 0.15) is 0 Å². The average Bonchev–Trinajstić information content (AvgIpc) is 2.88. The second-order valence-electron chi connectivity index (χ2n) is 6.75. The fraction of sp³-hybridized carbons (Fsp3) is 0.526. The van der Waals surface area contributed by atoms with Crippen LogP contribution in [0.15, 0.2) is 34.2 Å². The summed E-state index contributed by atoms with van der Waals surface area (Å²) in [6.45, 7) is 4.80. The van der Waals surface area contributed by atoms with Crippen LogP contribution in [-0.4, -0.2) is 39.5 Å². The monoisotopic (exact) mass is 389 g/mol. The smallest absolute Gasteiger partial charge is 0.343 e. The molecule has 0 aliphatic carbocycles. The van der Waals surface area contributed by atoms with E-state index in [1.807, 2.05) is 19.1 Å². The minimum Gasteiger partial charge on any atom is -0.372 e. The number of amides is 1. The summed E-state index contributed by atoms with van der Waals surface area (Å²) in [5.41, 5.74) is 1.76. The first-order chi connectivity index (χ1) is 13.2. The first kappa shape index (κ1) is 19.5. The number of thioether (sulfide) groups is 1. The van der Waals surface area contributed by atoms with Gasteiger partial charge in [-0.05, 0) is 43.5 Å². The van der Waals surface area contributed by atoms with E-state index >= 15 is 0 Å². The van der Waals surface area contributed by atoms with E-state index in [9.17, 15) is 9.59 Å². The number of hydrogen-bond donors (Lipinski definition) is 2. The minimum absolute atomic E-state index is 0.110. The minimum atomic E-state index is -0.233. The lowest BCUT2D eigenvalue weighted by Gasteiger charge is -2.22. The average molecular weight is 390 g/mol. The molecule has 2 N–H and O–H groups in total. The molecule has 0 bridgehead atoms. The Morgan fingerprint density at radius 2 is 1.89 bits per heavy atom. The molecule has 8 heteroatoms. The predicted octanol–water partition coefficient (Wildman–Crippen LogP) is 3.09. The van der Waals surface area contributed by atoms with Crippen LogP contribution in [0.3, 0.4) is 0 Å². The summed E-state index contributed by atoms with van der Waals surface area (Å²) in [5.74, 6) is 0.100. The van der Waals surface area contributed by atoms with Crippen molar-refractivity contribution in [3.05, 3.63) is 34.7 Å². The van der Waals surface area contributed by atoms with E-state index in [0.717, 1.165) is 25.2 Å². The normalized spacial score (nSPS) is 14.8. The Kier molecular flexibility index (Phi) is 6.98. The van der Waals surface area contributed by atoms with E-state index in [1.165, 1.54) is 43.1 Å². The Bertz CT molecular complexity index is 791. The Hall–Kier alpha value is -2.22. The molecule has 1 aliphatic heterocycles. The number of aromatic amines is 1. The van der Waals surface area contributed by atoms with Crippen molar-refractivity contribution in [2.75, 3.05) is 29.1 Å². The maximum Gasteiger partial charge on any atom is 0.343 e. The van der Waals surface area contributed by atoms with Crippen LogP contribution in [0.2, 0.25) is 0 Å². The van der Waals surface area contributed by atoms with E-state index in [-0.39, 0.29) is 17.3 Å². The number of aromatic nitrogens is 3. The number of rotatable bonds is 7. The van der Waals surface area contributed by atoms with Crippen molar-refractivity contribution in [1.82, 2.24) is 14.8 Å². The van der Waals surface area contributed by atoms with Crippen LogP contribution in [0, 0.1) is 0 Å². The largest absolute Gasteiger partial charge is 0.372 e. The molecule has 0 atom stereocenters. The van der Waals surface area contributed by atoms with Crippen molar-refractivity contribution in [2.45, 2.75) is 50.7 Å². The lowest BCUT2D eigenvalue weighted by molar-refractivity contribution is -0.113. The number of hydrogen-bond acceptors (Lipinski definition) is 5. The van der Waals surface area contributed by atoms with Crippen LogP contribution >= 0.6 is 11.8 Å². The van der Waals surface area contributed by atoms with E-state index in [4.69, 9.17) is 0 Å². The van der Waals surface area contributed by atoms with Gasteiger partial charge in [-0.25, -0.2) is 9.89 Å². The van der Waals surface area contributed by atoms with Gasteiger partial charge in [0.2, 0.25) is 5.91 Å². The summed E-state index contributed by atoms with van der Waals surface area (Å²) in [5, 5.41) is 9.88. The second-order valence-corrected chi connectivity index (χ2v) is 7.69. The fourth-order valence-corrected chi connectivity index (χ4v) is 4.02. The number of nitrogens with zero attached hydrogens (tertiary/aromatic N) is 3. The molecule has 0 saturated carbocycles. The molecular formula is C19H27N5O2S. The zero-order valence-electron chi connectivity index (χ0n) is 15.7. The molecule has 146 valence electrons. The van der Waals surface area contributed by atoms with E-state index in [1.54, 1.807) is 4.57 Å². The Morgan fingerprint density at radius 3 is 2.56 bits per heavy atom. The van der Waals surface area contributed by atoms with Gasteiger partial charge in [-0.2, -0.15) is 0 Å². The molecule has 0 spiro atoms. The van der Waals surface area contributed by atoms with Crippen molar-refractivity contribution in [3.8, 4) is 0 Å². The zero-order valence-corrected chi connectivity index (χ0v) is 16.6. The molecular weight excluding hydrogens is 362 g/mol. The summed E-state index contributed by atoms with van der Waals surface area (Å²) in [7, 11) is 0. The van der Waals surface area contributed by atoms with Gasteiger partial charge >= 0.3 is 5.69 Å². The van der Waals surface area contributed by atoms with Crippen molar-refractivity contribution in [1.29, 1.82) is 0 Å². The molecule has 0 unspecified atom stereocenters. The summed E-state index contributed by atoms with van der Waals surface area (Å²) in [4.78, 5) is 26.3. The van der Waals surface area contributed by atoms with Crippen molar-refractivity contribution in [2.24, 2.45) is 0 Å². The van der Waals surface area contributed by atoms with Gasteiger partial charge in [0.15, 0.2) is 5.16 Å². The number of carbonyl (C=O) groups excluding carboxylic acids is 1. The Labute approximate surface area is 163 Å². The number of carbonyl (C=O) groups is 1. The molecule has 1 aromatic carbocycles. The van der Waals surface area contributed by atoms with Crippen LogP contribution in [0.5, 0.6) is 0 Å². The van der Waals surface area contributed by atoms with Crippen LogP contribution in [0.1, 0.15) is 39.0 Å². The predicted molar refractivity (Wildman–Crippen MR) is 110 cm³/mol. The number of H-pyrrole nitrogens is 1. The van der Waals surface area contributed by atoms with E-state index in [2.05, 4.69) is 32.5 Å². The molecule has 3 rings (SSSR count). The van der Waals surface area contributed by atoms with Crippen LogP contribution in [0.25, 0.3) is 0 Å². The molecule has 27 heavy (non-hydrogen) atoms. The van der Waals surface area contributed by atoms with Gasteiger partial charge in [0.05, 0.1) is 5.75 Å². The summed E-state index contributed by atoms with van der Waals surface area (Å²) >= 11 is 1.26. The third-order valence-electron chi connectivity index (χ3n) is 4.63. The SMILES string of the molecule is CCCn1c(SCC(=O)Nc2ccc(N3CCCCCC3)cc2)n[nH]c1=O. The van der Waals surface area contributed by atoms with E-state index in [0.29, 0.717) is 11.7 Å². The molecule has 1 fully saturated rings. The summed E-state index contributed by atoms with van der Waals surface area (Å²) < 4.78 is 1.56. The fourth-order valence-electron chi connectivity index (χ4n) is 3.25. The highest BCUT2D eigenvalue weighted by Crippen LogP contribution is 2.22. The maximum absolute atomic E-state index is 12.2. The molecule has 1 amide bonds. The second kappa shape index (κ2) is 9.64. The van der Waals surface area contributed by atoms with Gasteiger partial charge in [0.25, 0.3) is 0 Å². The third-order valence-corrected chi connectivity index (χ3v) is 5.60. The number of anilines is 2. The lowest BCUT2D eigenvalue weighted by Crippen LogP contribution is -2.23. The highest BCUT2D eigenvalue weighted by Gasteiger charge is 2.12. The van der Waals surface area contributed by atoms with Gasteiger partial charge < -0.3 is 10.2 Å². The molecule has 2 aromatic rings. The van der Waals surface area contributed by atoms with Crippen molar-refractivity contribution >= 4 is 29.0 Å². The molecule has 2 heterocycles. The summed E-state index contributed by atoms with van der Waals surface area (Å²) in [6, 6.07) is 8.04. The molecule has 1 aliphatic rings. The van der Waals surface area contributed by atoms with Gasteiger partial charge in [-0.15, -0.1) is 5.10 Å². The van der Waals surface area contributed by atoms with E-state index < -0.39 is 0 Å². The quantitative estimate of drug-likeness (QED) is 0.711. The highest BCUT2D eigenvalue weighted by molar-refractivity contribution is 7.99. The standard InChI is InChI=1S/C19H27N5O2S/c1-2-11-24-18(26)21-22-19(24)27-14-17(25)20-15-7-9-16(10-8-15)23-12-5-3-4-6-13-23/h7-10H,2-6,11-14H2,1H3,(H,20,25)(H,21,26). The van der Waals surface area contributed by atoms with Crippen molar-refractivity contribution in [3.63, 3.8) is 0 Å². The molecule has 7 nitrogen and oxygen atoms in total. The maximum atomic E-state index is 12.2. The highest BCUT2D eigenvalue weighted by atomic mass is 32.2. The summed E-state index contributed by atoms with van der Waals surface area (Å²) in [6.07, 6.45) is 5.94. The van der Waals surface area contributed by atoms with Gasteiger partial charge in [0, 0.05) is 31.0 Å².